The molecule has 1 aliphatic heterocycles. The molecule has 0 radical (unpaired) electrons. The molecule has 0 unspecified atom stereocenters. The maximum Gasteiger partial charge on any atom is 0.337 e. The number of hydrogen-bond acceptors (Lipinski definition) is 6. The van der Waals surface area contributed by atoms with Crippen molar-refractivity contribution >= 4 is 17.6 Å². The molecule has 7 nitrogen and oxygen atoms in total. The van der Waals surface area contributed by atoms with Crippen molar-refractivity contribution in [2.45, 2.75) is 13.0 Å². The number of methoxy groups -OCH3 is 1. The minimum Gasteiger partial charge on any atom is -0.486 e. The molecular formula is C19H19NO6. The van der Waals surface area contributed by atoms with Gasteiger partial charge in [-0.1, -0.05) is 6.07 Å². The summed E-state index contributed by atoms with van der Waals surface area (Å²) in [7, 11) is 1.30. The Morgan fingerprint density at radius 1 is 1.08 bits per heavy atom. The fourth-order valence-corrected chi connectivity index (χ4v) is 2.44. The molecule has 1 amide bonds. The van der Waals surface area contributed by atoms with Gasteiger partial charge in [0.1, 0.15) is 19.0 Å². The second kappa shape index (κ2) is 7.77. The largest absolute Gasteiger partial charge is 0.486 e. The van der Waals surface area contributed by atoms with Gasteiger partial charge < -0.3 is 24.3 Å². The summed E-state index contributed by atoms with van der Waals surface area (Å²) in [6.45, 7) is 2.60. The Balaban J connectivity index is 1.64. The predicted molar refractivity (Wildman–Crippen MR) is 93.9 cm³/mol. The van der Waals surface area contributed by atoms with Gasteiger partial charge in [-0.05, 0) is 37.3 Å². The number of esters is 1. The molecule has 0 bridgehead atoms. The highest BCUT2D eigenvalue weighted by Gasteiger charge is 2.18. The van der Waals surface area contributed by atoms with Crippen LogP contribution in [-0.2, 0) is 9.53 Å². The summed E-state index contributed by atoms with van der Waals surface area (Å²) in [5.74, 6) is 0.846. The molecule has 1 N–H and O–H groups in total. The van der Waals surface area contributed by atoms with Gasteiger partial charge in [0.2, 0.25) is 0 Å². The number of hydrogen-bond donors (Lipinski definition) is 1. The summed E-state index contributed by atoms with van der Waals surface area (Å²) in [5, 5.41) is 2.77. The van der Waals surface area contributed by atoms with Crippen LogP contribution in [0.5, 0.6) is 17.2 Å². The van der Waals surface area contributed by atoms with Crippen LogP contribution in [0.1, 0.15) is 17.3 Å². The standard InChI is InChI=1S/C19H19NO6/c1-12(26-15-5-3-4-13(10-15)19(22)23-2)18(21)20-14-6-7-16-17(11-14)25-9-8-24-16/h3-7,10-12H,8-9H2,1-2H3,(H,20,21)/t12-/m0/s1. The zero-order valence-corrected chi connectivity index (χ0v) is 14.5. The molecule has 1 atom stereocenters. The number of amides is 1. The molecule has 136 valence electrons. The van der Waals surface area contributed by atoms with E-state index in [4.69, 9.17) is 14.2 Å². The van der Waals surface area contributed by atoms with Crippen LogP contribution >= 0.6 is 0 Å². The van der Waals surface area contributed by atoms with Gasteiger partial charge in [-0.3, -0.25) is 4.79 Å². The molecule has 0 spiro atoms. The SMILES string of the molecule is COC(=O)c1cccc(O[C@@H](C)C(=O)Nc2ccc3c(c2)OCCO3)c1. The Hall–Kier alpha value is -3.22. The molecule has 2 aromatic rings. The van der Waals surface area contributed by atoms with E-state index < -0.39 is 12.1 Å². The van der Waals surface area contributed by atoms with Gasteiger partial charge in [0.15, 0.2) is 17.6 Å². The molecular weight excluding hydrogens is 338 g/mol. The number of rotatable bonds is 5. The van der Waals surface area contributed by atoms with Gasteiger partial charge in [-0.25, -0.2) is 4.79 Å². The molecule has 0 fully saturated rings. The summed E-state index contributed by atoms with van der Waals surface area (Å²) in [6, 6.07) is 11.6. The lowest BCUT2D eigenvalue weighted by molar-refractivity contribution is -0.122. The maximum atomic E-state index is 12.4. The Morgan fingerprint density at radius 3 is 2.62 bits per heavy atom. The number of fused-ring (bicyclic) bond motifs is 1. The van der Waals surface area contributed by atoms with E-state index in [9.17, 15) is 9.59 Å². The minimum atomic E-state index is -0.768. The van der Waals surface area contributed by atoms with Crippen LogP contribution in [0.25, 0.3) is 0 Å². The normalized spacial score (nSPS) is 13.5. The second-order valence-electron chi connectivity index (χ2n) is 5.63. The fourth-order valence-electron chi connectivity index (χ4n) is 2.44. The van der Waals surface area contributed by atoms with E-state index in [2.05, 4.69) is 10.1 Å². The van der Waals surface area contributed by atoms with Crippen molar-refractivity contribution in [1.29, 1.82) is 0 Å². The van der Waals surface area contributed by atoms with Crippen molar-refractivity contribution in [3.05, 3.63) is 48.0 Å². The molecule has 1 heterocycles. The first-order valence-corrected chi connectivity index (χ1v) is 8.12. The van der Waals surface area contributed by atoms with Crippen molar-refractivity contribution in [1.82, 2.24) is 0 Å². The van der Waals surface area contributed by atoms with Gasteiger partial charge >= 0.3 is 5.97 Å². The first kappa shape index (κ1) is 17.6. The zero-order chi connectivity index (χ0) is 18.5. The Kier molecular flexibility index (Phi) is 5.26. The van der Waals surface area contributed by atoms with Crippen molar-refractivity contribution < 1.29 is 28.5 Å². The monoisotopic (exact) mass is 357 g/mol. The summed E-state index contributed by atoms with van der Waals surface area (Å²) in [5.41, 5.74) is 0.933. The first-order valence-electron chi connectivity index (χ1n) is 8.12. The summed E-state index contributed by atoms with van der Waals surface area (Å²) in [6.07, 6.45) is -0.768. The summed E-state index contributed by atoms with van der Waals surface area (Å²) >= 11 is 0. The molecule has 0 saturated carbocycles. The van der Waals surface area contributed by atoms with Crippen LogP contribution in [0.4, 0.5) is 5.69 Å². The molecule has 0 aromatic heterocycles. The molecule has 0 aliphatic carbocycles. The van der Waals surface area contributed by atoms with Crippen LogP contribution in [0.15, 0.2) is 42.5 Å². The van der Waals surface area contributed by atoms with Gasteiger partial charge in [0, 0.05) is 11.8 Å². The smallest absolute Gasteiger partial charge is 0.337 e. The van der Waals surface area contributed by atoms with Gasteiger partial charge in [-0.2, -0.15) is 0 Å². The summed E-state index contributed by atoms with van der Waals surface area (Å²) in [4.78, 5) is 23.9. The topological polar surface area (TPSA) is 83.1 Å². The van der Waals surface area contributed by atoms with Crippen LogP contribution in [-0.4, -0.2) is 38.3 Å². The number of carbonyl (C=O) groups excluding carboxylic acids is 2. The molecule has 0 saturated heterocycles. The Morgan fingerprint density at radius 2 is 1.85 bits per heavy atom. The molecule has 26 heavy (non-hydrogen) atoms. The van der Waals surface area contributed by atoms with Gasteiger partial charge in [-0.15, -0.1) is 0 Å². The zero-order valence-electron chi connectivity index (χ0n) is 14.5. The lowest BCUT2D eigenvalue weighted by Gasteiger charge is -2.20. The molecule has 2 aromatic carbocycles. The highest BCUT2D eigenvalue weighted by molar-refractivity contribution is 5.94. The second-order valence-corrected chi connectivity index (χ2v) is 5.63. The highest BCUT2D eigenvalue weighted by Crippen LogP contribution is 2.32. The van der Waals surface area contributed by atoms with E-state index in [1.165, 1.54) is 13.2 Å². The van der Waals surface area contributed by atoms with E-state index in [0.29, 0.717) is 41.7 Å². The Bertz CT molecular complexity index is 819. The fraction of sp³-hybridized carbons (Fsp3) is 0.263. The third-order valence-corrected chi connectivity index (χ3v) is 3.75. The van der Waals surface area contributed by atoms with Crippen molar-refractivity contribution in [2.24, 2.45) is 0 Å². The predicted octanol–water partition coefficient (Wildman–Crippen LogP) is 2.65. The maximum absolute atomic E-state index is 12.4. The summed E-state index contributed by atoms with van der Waals surface area (Å²) < 4.78 is 21.2. The van der Waals surface area contributed by atoms with Crippen LogP contribution in [0.3, 0.4) is 0 Å². The van der Waals surface area contributed by atoms with Gasteiger partial charge in [0.05, 0.1) is 12.7 Å². The van der Waals surface area contributed by atoms with Crippen LogP contribution in [0, 0.1) is 0 Å². The average Bonchev–Trinajstić information content (AvgIpc) is 2.67. The van der Waals surface area contributed by atoms with Crippen LogP contribution in [0.2, 0.25) is 0 Å². The minimum absolute atomic E-state index is 0.329. The number of anilines is 1. The van der Waals surface area contributed by atoms with E-state index in [-0.39, 0.29) is 5.91 Å². The third-order valence-electron chi connectivity index (χ3n) is 3.75. The quantitative estimate of drug-likeness (QED) is 0.829. The van der Waals surface area contributed by atoms with E-state index in [1.807, 2.05) is 0 Å². The molecule has 1 aliphatic rings. The van der Waals surface area contributed by atoms with Crippen molar-refractivity contribution in [2.75, 3.05) is 25.6 Å². The lowest BCUT2D eigenvalue weighted by atomic mass is 10.2. The van der Waals surface area contributed by atoms with Crippen molar-refractivity contribution in [3.8, 4) is 17.2 Å². The third kappa shape index (κ3) is 4.05. The average molecular weight is 357 g/mol. The van der Waals surface area contributed by atoms with E-state index in [0.717, 1.165) is 0 Å². The van der Waals surface area contributed by atoms with Crippen LogP contribution < -0.4 is 19.5 Å². The number of carbonyl (C=O) groups is 2. The highest BCUT2D eigenvalue weighted by atomic mass is 16.6. The Labute approximate surface area is 150 Å². The van der Waals surface area contributed by atoms with Gasteiger partial charge in [0.25, 0.3) is 5.91 Å². The first-order chi connectivity index (χ1) is 12.6. The molecule has 3 rings (SSSR count). The number of benzene rings is 2. The van der Waals surface area contributed by atoms with E-state index in [1.54, 1.807) is 43.3 Å². The van der Waals surface area contributed by atoms with E-state index >= 15 is 0 Å². The van der Waals surface area contributed by atoms with Crippen molar-refractivity contribution in [3.63, 3.8) is 0 Å². The molecule has 7 heteroatoms. The number of ether oxygens (including phenoxy) is 4. The number of nitrogens with one attached hydrogen (secondary N) is 1. The lowest BCUT2D eigenvalue weighted by Crippen LogP contribution is -2.30.